The van der Waals surface area contributed by atoms with Gasteiger partial charge in [0.2, 0.25) is 5.91 Å². The highest BCUT2D eigenvalue weighted by Gasteiger charge is 2.20. The molecule has 2 aromatic carbocycles. The normalized spacial score (nSPS) is 15.8. The third-order valence-electron chi connectivity index (χ3n) is 4.94. The lowest BCUT2D eigenvalue weighted by Crippen LogP contribution is -2.36. The van der Waals surface area contributed by atoms with Gasteiger partial charge >= 0.3 is 5.97 Å². The molecule has 138 valence electrons. The quantitative estimate of drug-likeness (QED) is 0.763. The van der Waals surface area contributed by atoms with Gasteiger partial charge in [-0.15, -0.1) is 0 Å². The van der Waals surface area contributed by atoms with Crippen LogP contribution in [-0.2, 0) is 20.7 Å². The summed E-state index contributed by atoms with van der Waals surface area (Å²) >= 11 is 0. The van der Waals surface area contributed by atoms with Crippen molar-refractivity contribution in [1.29, 1.82) is 0 Å². The van der Waals surface area contributed by atoms with Crippen LogP contribution in [0.15, 0.2) is 42.5 Å². The molecule has 0 radical (unpaired) electrons. The number of ether oxygens (including phenoxy) is 1. The number of amides is 1. The molecule has 0 bridgehead atoms. The van der Waals surface area contributed by atoms with Crippen molar-refractivity contribution < 1.29 is 19.4 Å². The van der Waals surface area contributed by atoms with Crippen molar-refractivity contribution in [1.82, 2.24) is 5.32 Å². The van der Waals surface area contributed by atoms with E-state index in [1.165, 1.54) is 0 Å². The molecule has 1 atom stereocenters. The minimum Gasteiger partial charge on any atom is -0.481 e. The number of carboxylic acids is 1. The Morgan fingerprint density at radius 1 is 1.12 bits per heavy atom. The van der Waals surface area contributed by atoms with Crippen molar-refractivity contribution in [2.45, 2.75) is 38.2 Å². The molecular weight excluding hydrogens is 330 g/mol. The molecule has 1 saturated carbocycles. The first kappa shape index (κ1) is 18.4. The average Bonchev–Trinajstić information content (AvgIpc) is 3.16. The molecular formula is C21H25NO4. The van der Waals surface area contributed by atoms with Gasteiger partial charge in [-0.25, -0.2) is 0 Å². The van der Waals surface area contributed by atoms with Crippen LogP contribution in [0.3, 0.4) is 0 Å². The Balaban J connectivity index is 1.52. The third kappa shape index (κ3) is 5.05. The Morgan fingerprint density at radius 2 is 1.85 bits per heavy atom. The van der Waals surface area contributed by atoms with Crippen LogP contribution >= 0.6 is 0 Å². The predicted octanol–water partition coefficient (Wildman–Crippen LogP) is 3.16. The average molecular weight is 355 g/mol. The van der Waals surface area contributed by atoms with Crippen molar-refractivity contribution in [3.05, 3.63) is 48.0 Å². The van der Waals surface area contributed by atoms with E-state index in [0.717, 1.165) is 42.0 Å². The van der Waals surface area contributed by atoms with E-state index in [1.54, 1.807) is 0 Å². The van der Waals surface area contributed by atoms with E-state index in [2.05, 4.69) is 5.32 Å². The van der Waals surface area contributed by atoms with Crippen LogP contribution in [0.5, 0.6) is 0 Å². The SMILES string of the molecule is O=C(COC1CCCC1)NCC(Cc1ccc2ccccc2c1)C(=O)O. The standard InChI is InChI=1S/C21H25NO4/c23-20(14-26-19-7-3-4-8-19)22-13-18(21(24)25)12-15-9-10-16-5-1-2-6-17(16)11-15/h1-2,5-6,9-11,18-19H,3-4,7-8,12-14H2,(H,22,23)(H,24,25). The second-order valence-corrected chi connectivity index (χ2v) is 6.94. The molecule has 26 heavy (non-hydrogen) atoms. The fraction of sp³-hybridized carbons (Fsp3) is 0.429. The number of rotatable bonds is 8. The zero-order chi connectivity index (χ0) is 18.4. The highest BCUT2D eigenvalue weighted by atomic mass is 16.5. The van der Waals surface area contributed by atoms with Crippen LogP contribution in [0.25, 0.3) is 10.8 Å². The fourth-order valence-electron chi connectivity index (χ4n) is 3.43. The number of nitrogens with one attached hydrogen (secondary N) is 1. The smallest absolute Gasteiger partial charge is 0.308 e. The molecule has 1 aliphatic rings. The molecule has 1 amide bonds. The lowest BCUT2D eigenvalue weighted by Gasteiger charge is -2.15. The van der Waals surface area contributed by atoms with Gasteiger partial charge in [0.15, 0.2) is 0 Å². The molecule has 0 aliphatic heterocycles. The molecule has 1 unspecified atom stereocenters. The highest BCUT2D eigenvalue weighted by Crippen LogP contribution is 2.21. The first-order valence-corrected chi connectivity index (χ1v) is 9.20. The van der Waals surface area contributed by atoms with Gasteiger partial charge in [-0.05, 0) is 35.6 Å². The molecule has 1 aliphatic carbocycles. The number of carbonyl (C=O) groups is 2. The van der Waals surface area contributed by atoms with Crippen molar-refractivity contribution in [2.75, 3.05) is 13.2 Å². The number of fused-ring (bicyclic) bond motifs is 1. The van der Waals surface area contributed by atoms with Crippen LogP contribution < -0.4 is 5.32 Å². The molecule has 1 fully saturated rings. The molecule has 5 nitrogen and oxygen atoms in total. The first-order valence-electron chi connectivity index (χ1n) is 9.20. The Labute approximate surface area is 153 Å². The van der Waals surface area contributed by atoms with E-state index in [-0.39, 0.29) is 25.2 Å². The minimum absolute atomic E-state index is 0.00692. The lowest BCUT2D eigenvalue weighted by molar-refractivity contribution is -0.141. The first-order chi connectivity index (χ1) is 12.6. The molecule has 0 spiro atoms. The minimum atomic E-state index is -0.907. The summed E-state index contributed by atoms with van der Waals surface area (Å²) in [6, 6.07) is 13.9. The molecule has 2 aromatic rings. The second-order valence-electron chi connectivity index (χ2n) is 6.94. The molecule has 3 rings (SSSR count). The van der Waals surface area contributed by atoms with Crippen molar-refractivity contribution in [3.63, 3.8) is 0 Å². The van der Waals surface area contributed by atoms with E-state index in [9.17, 15) is 14.7 Å². The summed E-state index contributed by atoms with van der Waals surface area (Å²) in [5.74, 6) is -1.82. The summed E-state index contributed by atoms with van der Waals surface area (Å²) in [5, 5.41) is 14.4. The molecule has 5 heteroatoms. The van der Waals surface area contributed by atoms with Crippen molar-refractivity contribution in [2.24, 2.45) is 5.92 Å². The largest absolute Gasteiger partial charge is 0.481 e. The summed E-state index contributed by atoms with van der Waals surface area (Å²) in [6.45, 7) is 0.113. The van der Waals surface area contributed by atoms with Gasteiger partial charge in [0.05, 0.1) is 12.0 Å². The number of benzene rings is 2. The second kappa shape index (κ2) is 8.81. The van der Waals surface area contributed by atoms with Gasteiger partial charge in [0, 0.05) is 6.54 Å². The fourth-order valence-corrected chi connectivity index (χ4v) is 3.43. The number of carboxylic acid groups (broad SMARTS) is 1. The summed E-state index contributed by atoms with van der Waals surface area (Å²) in [4.78, 5) is 23.5. The topological polar surface area (TPSA) is 75.6 Å². The van der Waals surface area contributed by atoms with Crippen LogP contribution in [0.4, 0.5) is 0 Å². The van der Waals surface area contributed by atoms with Gasteiger partial charge in [-0.2, -0.15) is 0 Å². The number of carbonyl (C=O) groups excluding carboxylic acids is 1. The lowest BCUT2D eigenvalue weighted by atomic mass is 9.97. The van der Waals surface area contributed by atoms with E-state index in [1.807, 2.05) is 42.5 Å². The van der Waals surface area contributed by atoms with Crippen LogP contribution in [0, 0.1) is 5.92 Å². The summed E-state index contributed by atoms with van der Waals surface area (Å²) in [7, 11) is 0. The molecule has 0 heterocycles. The summed E-state index contributed by atoms with van der Waals surface area (Å²) in [5.41, 5.74) is 0.951. The zero-order valence-electron chi connectivity index (χ0n) is 14.8. The molecule has 0 saturated heterocycles. The Bertz CT molecular complexity index is 767. The highest BCUT2D eigenvalue weighted by molar-refractivity contribution is 5.83. The van der Waals surface area contributed by atoms with E-state index in [0.29, 0.717) is 6.42 Å². The number of aliphatic carboxylic acids is 1. The predicted molar refractivity (Wildman–Crippen MR) is 100.0 cm³/mol. The van der Waals surface area contributed by atoms with Gasteiger partial charge in [-0.3, -0.25) is 9.59 Å². The van der Waals surface area contributed by atoms with Gasteiger partial charge in [0.1, 0.15) is 6.61 Å². The maximum Gasteiger partial charge on any atom is 0.308 e. The van der Waals surface area contributed by atoms with E-state index in [4.69, 9.17) is 4.74 Å². The van der Waals surface area contributed by atoms with Crippen LogP contribution in [-0.4, -0.2) is 36.2 Å². The maximum absolute atomic E-state index is 11.9. The Hall–Kier alpha value is -2.40. The Kier molecular flexibility index (Phi) is 6.23. The van der Waals surface area contributed by atoms with Crippen LogP contribution in [0.2, 0.25) is 0 Å². The zero-order valence-corrected chi connectivity index (χ0v) is 14.8. The monoisotopic (exact) mass is 355 g/mol. The summed E-state index contributed by atoms with van der Waals surface area (Å²) in [6.07, 6.45) is 4.87. The van der Waals surface area contributed by atoms with E-state index >= 15 is 0 Å². The number of hydrogen-bond donors (Lipinski definition) is 2. The summed E-state index contributed by atoms with van der Waals surface area (Å²) < 4.78 is 5.56. The van der Waals surface area contributed by atoms with E-state index < -0.39 is 11.9 Å². The maximum atomic E-state index is 11.9. The van der Waals surface area contributed by atoms with Gasteiger partial charge in [0.25, 0.3) is 0 Å². The molecule has 2 N–H and O–H groups in total. The van der Waals surface area contributed by atoms with Gasteiger partial charge < -0.3 is 15.2 Å². The number of hydrogen-bond acceptors (Lipinski definition) is 3. The molecule has 0 aromatic heterocycles. The Morgan fingerprint density at radius 3 is 2.58 bits per heavy atom. The van der Waals surface area contributed by atoms with Gasteiger partial charge in [-0.1, -0.05) is 55.3 Å². The third-order valence-corrected chi connectivity index (χ3v) is 4.94. The van der Waals surface area contributed by atoms with Crippen molar-refractivity contribution in [3.8, 4) is 0 Å². The van der Waals surface area contributed by atoms with Crippen LogP contribution in [0.1, 0.15) is 31.2 Å². The van der Waals surface area contributed by atoms with Crippen molar-refractivity contribution >= 4 is 22.6 Å².